The molecule has 0 radical (unpaired) electrons. The first-order chi connectivity index (χ1) is 8.62. The number of nitrogens with zero attached hydrogens (tertiary/aromatic N) is 1. The summed E-state index contributed by atoms with van der Waals surface area (Å²) in [5.41, 5.74) is 0.148. The van der Waals surface area contributed by atoms with Crippen LogP contribution < -0.4 is 0 Å². The summed E-state index contributed by atoms with van der Waals surface area (Å²) < 4.78 is 31.7. The number of aliphatic carboxylic acids is 2. The molecule has 2 aliphatic heterocycles. The van der Waals surface area contributed by atoms with E-state index in [1.807, 2.05) is 0 Å². The van der Waals surface area contributed by atoms with Crippen molar-refractivity contribution in [2.75, 3.05) is 6.54 Å². The smallest absolute Gasteiger partial charge is 0.477 e. The summed E-state index contributed by atoms with van der Waals surface area (Å²) in [4.78, 5) is 32.2. The molecule has 0 amide bonds. The van der Waals surface area contributed by atoms with E-state index >= 15 is 0 Å². The normalized spacial score (nSPS) is 21.4. The van der Waals surface area contributed by atoms with E-state index in [1.165, 1.54) is 17.8 Å². The van der Waals surface area contributed by atoms with Gasteiger partial charge in [-0.05, 0) is 6.42 Å². The second kappa shape index (κ2) is 5.51. The molecular formula is C9H8F3NO5S. The highest BCUT2D eigenvalue weighted by molar-refractivity contribution is 8.14. The van der Waals surface area contributed by atoms with Crippen molar-refractivity contribution in [3.63, 3.8) is 0 Å². The first kappa shape index (κ1) is 15.3. The SMILES string of the molecule is O=C(O)C(F)(F)F.O=C1C=C(C(=O)O)N2CCC2S1. The molecule has 2 heterocycles. The van der Waals surface area contributed by atoms with Crippen LogP contribution in [0.2, 0.25) is 0 Å². The number of carbonyl (C=O) groups is 3. The van der Waals surface area contributed by atoms with Crippen molar-refractivity contribution in [3.8, 4) is 0 Å². The predicted molar refractivity (Wildman–Crippen MR) is 57.1 cm³/mol. The van der Waals surface area contributed by atoms with E-state index in [1.54, 1.807) is 4.90 Å². The van der Waals surface area contributed by atoms with E-state index in [2.05, 4.69) is 0 Å². The van der Waals surface area contributed by atoms with Crippen LogP contribution >= 0.6 is 11.8 Å². The number of hydrogen-bond donors (Lipinski definition) is 2. The van der Waals surface area contributed by atoms with Crippen LogP contribution in [0.3, 0.4) is 0 Å². The number of alkyl halides is 3. The molecule has 0 aromatic carbocycles. The fourth-order valence-corrected chi connectivity index (χ4v) is 2.33. The summed E-state index contributed by atoms with van der Waals surface area (Å²) in [5, 5.41) is 15.8. The third kappa shape index (κ3) is 3.88. The number of hydrogen-bond acceptors (Lipinski definition) is 5. The molecule has 0 spiro atoms. The number of fused-ring (bicyclic) bond motifs is 1. The Morgan fingerprint density at radius 1 is 1.37 bits per heavy atom. The van der Waals surface area contributed by atoms with Crippen molar-refractivity contribution in [3.05, 3.63) is 11.8 Å². The summed E-state index contributed by atoms with van der Waals surface area (Å²) >= 11 is 1.20. The van der Waals surface area contributed by atoms with Crippen molar-refractivity contribution in [2.24, 2.45) is 0 Å². The molecular weight excluding hydrogens is 291 g/mol. The van der Waals surface area contributed by atoms with E-state index < -0.39 is 18.1 Å². The minimum Gasteiger partial charge on any atom is -0.477 e. The molecule has 2 rings (SSSR count). The Bertz CT molecular complexity index is 448. The van der Waals surface area contributed by atoms with E-state index in [-0.39, 0.29) is 16.2 Å². The molecule has 6 nitrogen and oxygen atoms in total. The Morgan fingerprint density at radius 3 is 2.21 bits per heavy atom. The standard InChI is InChI=1S/C7H7NO3S.C2HF3O2/c9-6-3-4(7(10)11)8-2-1-5(8)12-6;3-2(4,5)1(6)7/h3,5H,1-2H2,(H,10,11);(H,6,7). The lowest BCUT2D eigenvalue weighted by Gasteiger charge is -2.43. The molecule has 2 aliphatic rings. The molecule has 0 bridgehead atoms. The first-order valence-corrected chi connectivity index (χ1v) is 5.73. The summed E-state index contributed by atoms with van der Waals surface area (Å²) in [6, 6.07) is 0. The fraction of sp³-hybridized carbons (Fsp3) is 0.444. The van der Waals surface area contributed by atoms with Crippen LogP contribution in [0, 0.1) is 0 Å². The van der Waals surface area contributed by atoms with Crippen LogP contribution in [0.25, 0.3) is 0 Å². The Kier molecular flexibility index (Phi) is 4.45. The average Bonchev–Trinajstić information content (AvgIpc) is 2.21. The fourth-order valence-electron chi connectivity index (χ4n) is 1.31. The van der Waals surface area contributed by atoms with Gasteiger partial charge in [0.2, 0.25) is 5.12 Å². The van der Waals surface area contributed by atoms with Gasteiger partial charge in [-0.2, -0.15) is 13.2 Å². The Morgan fingerprint density at radius 2 is 1.89 bits per heavy atom. The monoisotopic (exact) mass is 299 g/mol. The number of carboxylic acid groups (broad SMARTS) is 2. The molecule has 0 aromatic rings. The lowest BCUT2D eigenvalue weighted by Crippen LogP contribution is -2.49. The van der Waals surface area contributed by atoms with E-state index in [0.717, 1.165) is 13.0 Å². The maximum atomic E-state index is 11.0. The first-order valence-electron chi connectivity index (χ1n) is 4.85. The van der Waals surface area contributed by atoms with Crippen LogP contribution in [-0.2, 0) is 14.4 Å². The summed E-state index contributed by atoms with van der Waals surface area (Å²) in [6.07, 6.45) is -2.98. The van der Waals surface area contributed by atoms with Crippen LogP contribution in [0.4, 0.5) is 13.2 Å². The maximum Gasteiger partial charge on any atom is 0.490 e. The topological polar surface area (TPSA) is 94.9 Å². The zero-order valence-corrected chi connectivity index (χ0v) is 9.99. The summed E-state index contributed by atoms with van der Waals surface area (Å²) in [7, 11) is 0. The molecule has 0 aromatic heterocycles. The van der Waals surface area contributed by atoms with E-state index in [9.17, 15) is 22.8 Å². The van der Waals surface area contributed by atoms with Crippen LogP contribution in [0.15, 0.2) is 11.8 Å². The van der Waals surface area contributed by atoms with Crippen molar-refractivity contribution < 1.29 is 37.8 Å². The highest BCUT2D eigenvalue weighted by Crippen LogP contribution is 2.36. The van der Waals surface area contributed by atoms with Gasteiger partial charge in [0.1, 0.15) is 5.70 Å². The van der Waals surface area contributed by atoms with Crippen molar-refractivity contribution in [2.45, 2.75) is 18.0 Å². The maximum absolute atomic E-state index is 11.0. The van der Waals surface area contributed by atoms with Gasteiger partial charge in [0.05, 0.1) is 5.37 Å². The largest absolute Gasteiger partial charge is 0.490 e. The molecule has 19 heavy (non-hydrogen) atoms. The van der Waals surface area contributed by atoms with Gasteiger partial charge in [-0.15, -0.1) is 0 Å². The third-order valence-corrected chi connectivity index (χ3v) is 3.35. The van der Waals surface area contributed by atoms with Gasteiger partial charge in [-0.3, -0.25) is 4.79 Å². The van der Waals surface area contributed by atoms with Crippen LogP contribution in [0.1, 0.15) is 6.42 Å². The number of rotatable bonds is 1. The van der Waals surface area contributed by atoms with Crippen LogP contribution in [-0.4, -0.2) is 50.3 Å². The Labute approximate surface area is 108 Å². The molecule has 106 valence electrons. The highest BCUT2D eigenvalue weighted by Gasteiger charge is 2.38. The van der Waals surface area contributed by atoms with Gasteiger partial charge in [0, 0.05) is 12.6 Å². The number of carboxylic acids is 2. The van der Waals surface area contributed by atoms with Crippen molar-refractivity contribution in [1.82, 2.24) is 4.90 Å². The molecule has 2 N–H and O–H groups in total. The Hall–Kier alpha value is -1.71. The highest BCUT2D eigenvalue weighted by atomic mass is 32.2. The zero-order valence-electron chi connectivity index (χ0n) is 9.18. The van der Waals surface area contributed by atoms with Gasteiger partial charge in [-0.1, -0.05) is 11.8 Å². The minimum atomic E-state index is -5.08. The quantitative estimate of drug-likeness (QED) is 0.742. The van der Waals surface area contributed by atoms with Gasteiger partial charge in [-0.25, -0.2) is 9.59 Å². The van der Waals surface area contributed by atoms with E-state index in [0.29, 0.717) is 0 Å². The van der Waals surface area contributed by atoms with E-state index in [4.69, 9.17) is 15.0 Å². The number of thioether (sulfide) groups is 1. The van der Waals surface area contributed by atoms with Gasteiger partial charge in [0.15, 0.2) is 0 Å². The second-order valence-electron chi connectivity index (χ2n) is 3.51. The molecule has 0 aliphatic carbocycles. The van der Waals surface area contributed by atoms with Crippen LogP contribution in [0.5, 0.6) is 0 Å². The van der Waals surface area contributed by atoms with Gasteiger partial charge < -0.3 is 15.1 Å². The number of carbonyl (C=O) groups excluding carboxylic acids is 1. The summed E-state index contributed by atoms with van der Waals surface area (Å²) in [6.45, 7) is 0.753. The third-order valence-electron chi connectivity index (χ3n) is 2.24. The predicted octanol–water partition coefficient (Wildman–Crippen LogP) is 0.893. The Balaban J connectivity index is 0.000000224. The molecule has 1 fully saturated rings. The molecule has 1 unspecified atom stereocenters. The molecule has 0 saturated carbocycles. The minimum absolute atomic E-state index is 0.0774. The molecule has 10 heteroatoms. The lowest BCUT2D eigenvalue weighted by molar-refractivity contribution is -0.192. The van der Waals surface area contributed by atoms with Crippen molar-refractivity contribution >= 4 is 28.8 Å². The van der Waals surface area contributed by atoms with Gasteiger partial charge in [0.25, 0.3) is 0 Å². The molecule has 1 atom stereocenters. The lowest BCUT2D eigenvalue weighted by atomic mass is 10.2. The summed E-state index contributed by atoms with van der Waals surface area (Å²) in [5.74, 6) is -3.76. The number of halogens is 3. The second-order valence-corrected chi connectivity index (χ2v) is 4.69. The van der Waals surface area contributed by atoms with Crippen molar-refractivity contribution in [1.29, 1.82) is 0 Å². The van der Waals surface area contributed by atoms with Gasteiger partial charge >= 0.3 is 18.1 Å². The average molecular weight is 299 g/mol. The zero-order chi connectivity index (χ0) is 14.8. The molecule has 1 saturated heterocycles.